The van der Waals surface area contributed by atoms with Crippen molar-refractivity contribution >= 4 is 39.8 Å². The molecule has 3 atom stereocenters. The summed E-state index contributed by atoms with van der Waals surface area (Å²) in [4.78, 5) is 39.1. The van der Waals surface area contributed by atoms with Crippen LogP contribution in [0.4, 0.5) is 0 Å². The Bertz CT molecular complexity index is 1430. The van der Waals surface area contributed by atoms with E-state index in [0.717, 1.165) is 31.5 Å². The summed E-state index contributed by atoms with van der Waals surface area (Å²) in [5.41, 5.74) is 2.15. The van der Waals surface area contributed by atoms with Crippen molar-refractivity contribution in [3.8, 4) is 0 Å². The molecule has 1 heterocycles. The number of carbonyl (C=O) groups excluding carboxylic acids is 3. The van der Waals surface area contributed by atoms with Gasteiger partial charge in [-0.25, -0.2) is 4.21 Å². The maximum atomic E-state index is 12.5. The Hall–Kier alpha value is -3.68. The maximum Gasteiger partial charge on any atom is 0.250 e. The van der Waals surface area contributed by atoms with Crippen LogP contribution in [0.1, 0.15) is 36.9 Å². The van der Waals surface area contributed by atoms with Crippen LogP contribution in [-0.4, -0.2) is 86.2 Å². The highest BCUT2D eigenvalue weighted by molar-refractivity contribution is 7.76. The molecule has 12 heteroatoms. The summed E-state index contributed by atoms with van der Waals surface area (Å²) in [5.74, 6) is -1.66. The molecule has 0 aromatic heterocycles. The van der Waals surface area contributed by atoms with E-state index in [0.29, 0.717) is 0 Å². The zero-order valence-electron chi connectivity index (χ0n) is 24.9. The first-order chi connectivity index (χ1) is 21.2. The summed E-state index contributed by atoms with van der Waals surface area (Å²) in [6, 6.07) is 24.1. The second-order valence-electron chi connectivity index (χ2n) is 11.1. The number of rotatable bonds is 14. The van der Waals surface area contributed by atoms with Gasteiger partial charge in [-0.15, -0.1) is 0 Å². The summed E-state index contributed by atoms with van der Waals surface area (Å²) < 4.78 is 23.0. The normalized spacial score (nSPS) is 16.3. The van der Waals surface area contributed by atoms with Gasteiger partial charge in [0.15, 0.2) is 0 Å². The van der Waals surface area contributed by atoms with Crippen molar-refractivity contribution < 1.29 is 28.3 Å². The Labute approximate surface area is 260 Å². The molecular formula is C32H41N5O6S. The average Bonchev–Trinajstić information content (AvgIpc) is 3.05. The number of hydrogen-bond donors (Lipinski definition) is 5. The summed E-state index contributed by atoms with van der Waals surface area (Å²) in [6.45, 7) is 3.35. The minimum absolute atomic E-state index is 0.146. The quantitative estimate of drug-likeness (QED) is 0.172. The van der Waals surface area contributed by atoms with Gasteiger partial charge in [0.05, 0.1) is 19.6 Å². The van der Waals surface area contributed by atoms with Crippen LogP contribution in [0.15, 0.2) is 72.8 Å². The fraction of sp³-hybridized carbons (Fsp3) is 0.406. The Kier molecular flexibility index (Phi) is 12.4. The van der Waals surface area contributed by atoms with E-state index in [4.69, 9.17) is 0 Å². The molecule has 1 aliphatic heterocycles. The lowest BCUT2D eigenvalue weighted by atomic mass is 9.93. The third-order valence-corrected chi connectivity index (χ3v) is 8.74. The zero-order chi connectivity index (χ0) is 31.5. The van der Waals surface area contributed by atoms with Crippen molar-refractivity contribution in [1.29, 1.82) is 0 Å². The van der Waals surface area contributed by atoms with Crippen molar-refractivity contribution in [2.75, 3.05) is 39.3 Å². The third-order valence-electron chi connectivity index (χ3n) is 8.02. The number of piperidine rings is 1. The van der Waals surface area contributed by atoms with Crippen molar-refractivity contribution in [2.24, 2.45) is 5.92 Å². The highest BCUT2D eigenvalue weighted by Gasteiger charge is 2.28. The van der Waals surface area contributed by atoms with Crippen LogP contribution in [0.5, 0.6) is 0 Å². The minimum Gasteiger partial charge on any atom is -0.381 e. The maximum absolute atomic E-state index is 12.5. The molecule has 0 spiro atoms. The molecule has 0 saturated carbocycles. The lowest BCUT2D eigenvalue weighted by Crippen LogP contribution is -2.47. The Morgan fingerprint density at radius 3 is 2.34 bits per heavy atom. The van der Waals surface area contributed by atoms with E-state index in [1.54, 1.807) is 0 Å². The van der Waals surface area contributed by atoms with Gasteiger partial charge in [0.1, 0.15) is 6.10 Å². The molecule has 0 aliphatic carbocycles. The van der Waals surface area contributed by atoms with Gasteiger partial charge in [-0.05, 0) is 60.7 Å². The molecule has 3 aromatic rings. The molecule has 1 saturated heterocycles. The molecule has 0 radical (unpaired) electrons. The number of aliphatic hydroxyl groups excluding tert-OH is 1. The predicted octanol–water partition coefficient (Wildman–Crippen LogP) is 1.96. The monoisotopic (exact) mass is 623 g/mol. The predicted molar refractivity (Wildman–Crippen MR) is 169 cm³/mol. The Balaban J connectivity index is 1.16. The fourth-order valence-electron chi connectivity index (χ4n) is 5.47. The van der Waals surface area contributed by atoms with Gasteiger partial charge in [0, 0.05) is 19.1 Å². The topological polar surface area (TPSA) is 151 Å². The van der Waals surface area contributed by atoms with Gasteiger partial charge in [-0.3, -0.25) is 23.8 Å². The molecule has 11 nitrogen and oxygen atoms in total. The number of hydrogen-bond acceptors (Lipinski definition) is 6. The smallest absolute Gasteiger partial charge is 0.250 e. The number of fused-ring (bicyclic) bond motifs is 1. The van der Waals surface area contributed by atoms with Crippen molar-refractivity contribution in [3.63, 3.8) is 0 Å². The average molecular weight is 624 g/mol. The number of amides is 3. The minimum atomic E-state index is -2.35. The number of benzene rings is 3. The van der Waals surface area contributed by atoms with Crippen LogP contribution >= 0.6 is 0 Å². The molecule has 44 heavy (non-hydrogen) atoms. The van der Waals surface area contributed by atoms with Crippen LogP contribution in [-0.2, 0) is 32.2 Å². The number of aliphatic hydroxyl groups is 1. The summed E-state index contributed by atoms with van der Waals surface area (Å²) >= 11 is -2.35. The number of nitrogens with zero attached hydrogens (tertiary/aromatic N) is 2. The standard InChI is InChI=1S/C32H41N5O6S/c1-23(27-13-7-11-26-10-5-6-12-28(26)27)36-16-14-25(15-17-36)21-37(44(42)43)22-31(40)34-20-30(39)33-19-29(38)32(41)35-18-24-8-3-2-4-9-24/h2-13,23,25,29,38H,14-22H2,1H3,(H,33,39)(H,34,40)(H,35,41)(H,42,43). The zero-order valence-corrected chi connectivity index (χ0v) is 25.7. The van der Waals surface area contributed by atoms with Crippen molar-refractivity contribution in [1.82, 2.24) is 25.2 Å². The summed E-state index contributed by atoms with van der Waals surface area (Å²) in [7, 11) is 0. The first kappa shape index (κ1) is 33.2. The van der Waals surface area contributed by atoms with Crippen LogP contribution in [0, 0.1) is 5.92 Å². The van der Waals surface area contributed by atoms with Crippen LogP contribution in [0.3, 0.4) is 0 Å². The van der Waals surface area contributed by atoms with E-state index >= 15 is 0 Å². The van der Waals surface area contributed by atoms with Gasteiger partial charge in [-0.2, -0.15) is 4.31 Å². The molecule has 3 aromatic carbocycles. The van der Waals surface area contributed by atoms with Crippen molar-refractivity contribution in [3.05, 3.63) is 83.9 Å². The summed E-state index contributed by atoms with van der Waals surface area (Å²) in [6.07, 6.45) is 0.203. The molecule has 5 N–H and O–H groups in total. The second kappa shape index (κ2) is 16.4. The molecule has 4 rings (SSSR count). The van der Waals surface area contributed by atoms with E-state index in [2.05, 4.69) is 64.2 Å². The summed E-state index contributed by atoms with van der Waals surface area (Å²) in [5, 5.41) is 19.9. The Morgan fingerprint density at radius 1 is 0.932 bits per heavy atom. The number of nitrogens with one attached hydrogen (secondary N) is 3. The van der Waals surface area contributed by atoms with Crippen molar-refractivity contribution in [2.45, 2.75) is 38.5 Å². The second-order valence-corrected chi connectivity index (χ2v) is 12.1. The van der Waals surface area contributed by atoms with Gasteiger partial charge in [-0.1, -0.05) is 72.8 Å². The first-order valence-corrected chi connectivity index (χ1v) is 15.9. The molecule has 3 unspecified atom stereocenters. The largest absolute Gasteiger partial charge is 0.381 e. The van der Waals surface area contributed by atoms with Crippen LogP contribution in [0.25, 0.3) is 10.8 Å². The first-order valence-electron chi connectivity index (χ1n) is 14.8. The SMILES string of the molecule is CC(c1cccc2ccccc12)N1CCC(CN(CC(=O)NCC(=O)NCC(O)C(=O)NCc2ccccc2)S(=O)O)CC1. The molecule has 236 valence electrons. The lowest BCUT2D eigenvalue weighted by Gasteiger charge is -2.37. The highest BCUT2D eigenvalue weighted by Crippen LogP contribution is 2.31. The van der Waals surface area contributed by atoms with E-state index in [1.165, 1.54) is 20.6 Å². The van der Waals surface area contributed by atoms with Gasteiger partial charge < -0.3 is 21.1 Å². The van der Waals surface area contributed by atoms with Gasteiger partial charge in [0.2, 0.25) is 23.1 Å². The van der Waals surface area contributed by atoms with Gasteiger partial charge in [0.25, 0.3) is 5.91 Å². The number of carbonyl (C=O) groups is 3. The Morgan fingerprint density at radius 2 is 1.61 bits per heavy atom. The van der Waals surface area contributed by atoms with E-state index in [-0.39, 0.29) is 38.1 Å². The van der Waals surface area contributed by atoms with Crippen LogP contribution in [0.2, 0.25) is 0 Å². The third kappa shape index (κ3) is 9.66. The van der Waals surface area contributed by atoms with Crippen LogP contribution < -0.4 is 16.0 Å². The van der Waals surface area contributed by atoms with E-state index < -0.39 is 41.6 Å². The molecule has 0 bridgehead atoms. The molecule has 1 aliphatic rings. The molecule has 3 amide bonds. The lowest BCUT2D eigenvalue weighted by molar-refractivity contribution is -0.130. The van der Waals surface area contributed by atoms with E-state index in [9.17, 15) is 28.3 Å². The number of likely N-dealkylation sites (tertiary alicyclic amines) is 1. The molecular weight excluding hydrogens is 582 g/mol. The highest BCUT2D eigenvalue weighted by atomic mass is 32.2. The van der Waals surface area contributed by atoms with E-state index in [1.807, 2.05) is 36.4 Å². The fourth-order valence-corrected chi connectivity index (χ4v) is 6.04. The molecule has 1 fully saturated rings. The van der Waals surface area contributed by atoms with Gasteiger partial charge >= 0.3 is 0 Å².